The molecule has 0 aliphatic carbocycles. The first-order valence-electron chi connectivity index (χ1n) is 6.88. The van der Waals surface area contributed by atoms with Gasteiger partial charge >= 0.3 is 0 Å². The van der Waals surface area contributed by atoms with Crippen LogP contribution < -0.4 is 5.32 Å². The smallest absolute Gasteiger partial charge is 0.0161 e. The lowest BCUT2D eigenvalue weighted by Gasteiger charge is -2.39. The number of piperidine rings is 1. The van der Waals surface area contributed by atoms with Gasteiger partial charge in [0.05, 0.1) is 0 Å². The van der Waals surface area contributed by atoms with Crippen molar-refractivity contribution in [2.45, 2.75) is 62.7 Å². The Kier molecular flexibility index (Phi) is 3.46. The zero-order chi connectivity index (χ0) is 11.0. The van der Waals surface area contributed by atoms with Crippen LogP contribution in [0, 0.1) is 0 Å². The van der Waals surface area contributed by atoms with E-state index >= 15 is 0 Å². The molecule has 3 fully saturated rings. The zero-order valence-corrected chi connectivity index (χ0v) is 11.1. The van der Waals surface area contributed by atoms with Gasteiger partial charge in [0.2, 0.25) is 0 Å². The minimum absolute atomic E-state index is 0.812. The van der Waals surface area contributed by atoms with Crippen LogP contribution in [-0.2, 0) is 0 Å². The first kappa shape index (κ1) is 11.4. The second-order valence-corrected chi connectivity index (χ2v) is 6.95. The van der Waals surface area contributed by atoms with Crippen LogP contribution in [-0.4, -0.2) is 47.6 Å². The minimum Gasteiger partial charge on any atom is -0.310 e. The SMILES string of the molecule is CN1C2CCC1CC(NC1CCCSC1)C2. The molecule has 2 bridgehead atoms. The summed E-state index contributed by atoms with van der Waals surface area (Å²) in [6.07, 6.45) is 8.51. The molecule has 16 heavy (non-hydrogen) atoms. The molecule has 0 aromatic heterocycles. The molecular weight excluding hydrogens is 216 g/mol. The maximum atomic E-state index is 3.93. The predicted molar refractivity (Wildman–Crippen MR) is 71.1 cm³/mol. The van der Waals surface area contributed by atoms with E-state index in [9.17, 15) is 0 Å². The van der Waals surface area contributed by atoms with Crippen molar-refractivity contribution < 1.29 is 0 Å². The van der Waals surface area contributed by atoms with E-state index in [2.05, 4.69) is 29.0 Å². The van der Waals surface area contributed by atoms with Gasteiger partial charge in [-0.3, -0.25) is 0 Å². The standard InChI is InChI=1S/C13H24N2S/c1-15-12-4-5-13(15)8-11(7-12)14-10-3-2-6-16-9-10/h10-14H,2-9H2,1H3. The molecule has 0 amide bonds. The van der Waals surface area contributed by atoms with Crippen LogP contribution in [0.3, 0.4) is 0 Å². The molecule has 0 saturated carbocycles. The summed E-state index contributed by atoms with van der Waals surface area (Å²) >= 11 is 2.14. The van der Waals surface area contributed by atoms with Gasteiger partial charge in [-0.25, -0.2) is 0 Å². The Hall–Kier alpha value is 0.270. The van der Waals surface area contributed by atoms with Gasteiger partial charge in [-0.2, -0.15) is 11.8 Å². The van der Waals surface area contributed by atoms with Gasteiger partial charge in [-0.1, -0.05) is 0 Å². The monoisotopic (exact) mass is 240 g/mol. The fourth-order valence-electron chi connectivity index (χ4n) is 3.75. The first-order valence-corrected chi connectivity index (χ1v) is 8.04. The highest BCUT2D eigenvalue weighted by Crippen LogP contribution is 2.34. The number of nitrogens with one attached hydrogen (secondary N) is 1. The van der Waals surface area contributed by atoms with Gasteiger partial charge in [-0.15, -0.1) is 0 Å². The van der Waals surface area contributed by atoms with Gasteiger partial charge in [-0.05, 0) is 51.3 Å². The number of fused-ring (bicyclic) bond motifs is 2. The molecule has 2 nitrogen and oxygen atoms in total. The van der Waals surface area contributed by atoms with Crippen molar-refractivity contribution in [3.63, 3.8) is 0 Å². The lowest BCUT2D eigenvalue weighted by Crippen LogP contribution is -2.50. The van der Waals surface area contributed by atoms with Gasteiger partial charge in [0.1, 0.15) is 0 Å². The van der Waals surface area contributed by atoms with Crippen molar-refractivity contribution in [2.24, 2.45) is 0 Å². The Morgan fingerprint density at radius 2 is 1.81 bits per heavy atom. The molecule has 3 atom stereocenters. The maximum absolute atomic E-state index is 3.93. The van der Waals surface area contributed by atoms with Crippen molar-refractivity contribution in [2.75, 3.05) is 18.6 Å². The Balaban J connectivity index is 1.53. The molecule has 0 aromatic carbocycles. The summed E-state index contributed by atoms with van der Waals surface area (Å²) in [5.41, 5.74) is 0. The summed E-state index contributed by atoms with van der Waals surface area (Å²) < 4.78 is 0. The molecule has 3 saturated heterocycles. The highest BCUT2D eigenvalue weighted by atomic mass is 32.2. The van der Waals surface area contributed by atoms with E-state index in [1.807, 2.05) is 0 Å². The average molecular weight is 240 g/mol. The van der Waals surface area contributed by atoms with Crippen LogP contribution in [0.4, 0.5) is 0 Å². The summed E-state index contributed by atoms with van der Waals surface area (Å²) in [6, 6.07) is 3.39. The summed E-state index contributed by atoms with van der Waals surface area (Å²) in [4.78, 5) is 2.63. The van der Waals surface area contributed by atoms with E-state index in [0.717, 1.165) is 24.2 Å². The molecule has 92 valence electrons. The fourth-order valence-corrected chi connectivity index (χ4v) is 4.84. The van der Waals surface area contributed by atoms with Crippen LogP contribution >= 0.6 is 11.8 Å². The quantitative estimate of drug-likeness (QED) is 0.796. The molecule has 0 aromatic rings. The molecule has 3 heterocycles. The van der Waals surface area contributed by atoms with E-state index < -0.39 is 0 Å². The van der Waals surface area contributed by atoms with Crippen LogP contribution in [0.1, 0.15) is 38.5 Å². The summed E-state index contributed by atoms with van der Waals surface area (Å²) in [7, 11) is 2.33. The summed E-state index contributed by atoms with van der Waals surface area (Å²) in [5, 5.41) is 3.93. The molecule has 3 aliphatic rings. The van der Waals surface area contributed by atoms with Crippen LogP contribution in [0.15, 0.2) is 0 Å². The van der Waals surface area contributed by atoms with Crippen molar-refractivity contribution in [1.29, 1.82) is 0 Å². The van der Waals surface area contributed by atoms with Gasteiger partial charge in [0.15, 0.2) is 0 Å². The van der Waals surface area contributed by atoms with Gasteiger partial charge in [0, 0.05) is 29.9 Å². The minimum atomic E-state index is 0.812. The van der Waals surface area contributed by atoms with E-state index in [1.54, 1.807) is 0 Å². The number of hydrogen-bond acceptors (Lipinski definition) is 3. The van der Waals surface area contributed by atoms with Crippen LogP contribution in [0.5, 0.6) is 0 Å². The predicted octanol–water partition coefficient (Wildman–Crippen LogP) is 2.10. The second-order valence-electron chi connectivity index (χ2n) is 5.80. The molecule has 3 unspecified atom stereocenters. The van der Waals surface area contributed by atoms with Crippen molar-refractivity contribution >= 4 is 11.8 Å². The second kappa shape index (κ2) is 4.87. The Labute approximate surface area is 104 Å². The summed E-state index contributed by atoms with van der Waals surface area (Å²) in [6.45, 7) is 0. The third kappa shape index (κ3) is 2.27. The van der Waals surface area contributed by atoms with Crippen LogP contribution in [0.25, 0.3) is 0 Å². The highest BCUT2D eigenvalue weighted by molar-refractivity contribution is 7.99. The molecule has 3 aliphatic heterocycles. The molecule has 3 rings (SSSR count). The Morgan fingerprint density at radius 3 is 2.44 bits per heavy atom. The van der Waals surface area contributed by atoms with Crippen molar-refractivity contribution in [3.05, 3.63) is 0 Å². The van der Waals surface area contributed by atoms with E-state index in [1.165, 1.54) is 50.0 Å². The van der Waals surface area contributed by atoms with Gasteiger partial charge < -0.3 is 10.2 Å². The highest BCUT2D eigenvalue weighted by Gasteiger charge is 2.38. The molecular formula is C13H24N2S. The average Bonchev–Trinajstić information content (AvgIpc) is 2.54. The molecule has 0 radical (unpaired) electrons. The first-order chi connectivity index (χ1) is 7.83. The molecule has 1 N–H and O–H groups in total. The van der Waals surface area contributed by atoms with Crippen molar-refractivity contribution in [3.8, 4) is 0 Å². The normalized spacial score (nSPS) is 44.8. The zero-order valence-electron chi connectivity index (χ0n) is 10.3. The van der Waals surface area contributed by atoms with Crippen LogP contribution in [0.2, 0.25) is 0 Å². The fraction of sp³-hybridized carbons (Fsp3) is 1.00. The van der Waals surface area contributed by atoms with E-state index in [0.29, 0.717) is 0 Å². The third-order valence-electron chi connectivity index (χ3n) is 4.73. The maximum Gasteiger partial charge on any atom is 0.0161 e. The number of nitrogens with zero attached hydrogens (tertiary/aromatic N) is 1. The van der Waals surface area contributed by atoms with E-state index in [-0.39, 0.29) is 0 Å². The Morgan fingerprint density at radius 1 is 1.06 bits per heavy atom. The third-order valence-corrected chi connectivity index (χ3v) is 5.95. The number of rotatable bonds is 2. The van der Waals surface area contributed by atoms with Gasteiger partial charge in [0.25, 0.3) is 0 Å². The largest absolute Gasteiger partial charge is 0.310 e. The van der Waals surface area contributed by atoms with Crippen molar-refractivity contribution in [1.82, 2.24) is 10.2 Å². The molecule has 0 spiro atoms. The summed E-state index contributed by atoms with van der Waals surface area (Å²) in [5.74, 6) is 2.73. The van der Waals surface area contributed by atoms with E-state index in [4.69, 9.17) is 0 Å². The Bertz CT molecular complexity index is 226. The lowest BCUT2D eigenvalue weighted by atomic mass is 9.97. The lowest BCUT2D eigenvalue weighted by molar-refractivity contribution is 0.143. The molecule has 3 heteroatoms. The number of hydrogen-bond donors (Lipinski definition) is 1. The number of thioether (sulfide) groups is 1. The topological polar surface area (TPSA) is 15.3 Å².